The third-order valence-corrected chi connectivity index (χ3v) is 3.46. The Labute approximate surface area is 94.1 Å². The van der Waals surface area contributed by atoms with Gasteiger partial charge in [0.15, 0.2) is 5.13 Å². The Hall–Kier alpha value is -0.650. The fourth-order valence-electron chi connectivity index (χ4n) is 1.77. The predicted octanol–water partition coefficient (Wildman–Crippen LogP) is 1.34. The monoisotopic (exact) mass is 227 g/mol. The first-order chi connectivity index (χ1) is 7.08. The van der Waals surface area contributed by atoms with Crippen LogP contribution in [0.25, 0.3) is 0 Å². The second-order valence-corrected chi connectivity index (χ2v) is 5.35. The number of ether oxygens (including phenoxy) is 1. The van der Waals surface area contributed by atoms with Gasteiger partial charge in [0.25, 0.3) is 0 Å². The number of anilines is 1. The molecule has 15 heavy (non-hydrogen) atoms. The largest absolute Gasteiger partial charge is 0.378 e. The van der Waals surface area contributed by atoms with Gasteiger partial charge in [0.1, 0.15) is 0 Å². The van der Waals surface area contributed by atoms with Gasteiger partial charge >= 0.3 is 0 Å². The van der Waals surface area contributed by atoms with Gasteiger partial charge in [0.05, 0.1) is 18.9 Å². The summed E-state index contributed by atoms with van der Waals surface area (Å²) >= 11 is 1.50. The highest BCUT2D eigenvalue weighted by Gasteiger charge is 2.30. The van der Waals surface area contributed by atoms with E-state index < -0.39 is 0 Å². The Morgan fingerprint density at radius 2 is 2.47 bits per heavy atom. The lowest BCUT2D eigenvalue weighted by atomic mass is 10.0. The zero-order valence-corrected chi connectivity index (χ0v) is 10.0. The van der Waals surface area contributed by atoms with Crippen molar-refractivity contribution in [2.45, 2.75) is 25.9 Å². The van der Waals surface area contributed by atoms with Crippen molar-refractivity contribution in [3.8, 4) is 0 Å². The van der Waals surface area contributed by atoms with Crippen molar-refractivity contribution in [2.24, 2.45) is 0 Å². The number of nitrogens with zero attached hydrogens (tertiary/aromatic N) is 2. The molecule has 2 N–H and O–H groups in total. The van der Waals surface area contributed by atoms with Crippen LogP contribution in [0.4, 0.5) is 5.13 Å². The van der Waals surface area contributed by atoms with E-state index in [0.717, 1.165) is 32.0 Å². The van der Waals surface area contributed by atoms with E-state index in [-0.39, 0.29) is 5.54 Å². The van der Waals surface area contributed by atoms with Gasteiger partial charge in [-0.2, -0.15) is 0 Å². The van der Waals surface area contributed by atoms with Crippen molar-refractivity contribution < 1.29 is 4.74 Å². The number of aromatic nitrogens is 1. The van der Waals surface area contributed by atoms with Crippen LogP contribution in [0.1, 0.15) is 19.5 Å². The molecule has 2 heterocycles. The molecule has 1 aromatic rings. The van der Waals surface area contributed by atoms with E-state index in [1.165, 1.54) is 11.3 Å². The minimum absolute atomic E-state index is 0.0939. The first-order valence-electron chi connectivity index (χ1n) is 5.10. The first-order valence-corrected chi connectivity index (χ1v) is 5.98. The number of thiazole rings is 1. The van der Waals surface area contributed by atoms with Crippen LogP contribution in [-0.4, -0.2) is 35.2 Å². The van der Waals surface area contributed by atoms with Gasteiger partial charge in [-0.3, -0.25) is 4.90 Å². The lowest BCUT2D eigenvalue weighted by Gasteiger charge is -2.41. The van der Waals surface area contributed by atoms with Crippen LogP contribution >= 0.6 is 11.3 Å². The maximum absolute atomic E-state index is 5.62. The fraction of sp³-hybridized carbons (Fsp3) is 0.700. The Bertz CT molecular complexity index is 337. The van der Waals surface area contributed by atoms with Crippen molar-refractivity contribution in [3.05, 3.63) is 11.1 Å². The molecule has 0 atom stereocenters. The lowest BCUT2D eigenvalue weighted by Crippen LogP contribution is -2.52. The molecule has 1 aliphatic rings. The van der Waals surface area contributed by atoms with Gasteiger partial charge in [0.2, 0.25) is 0 Å². The van der Waals surface area contributed by atoms with Gasteiger partial charge in [-0.1, -0.05) is 0 Å². The average molecular weight is 227 g/mol. The van der Waals surface area contributed by atoms with Gasteiger partial charge in [-0.25, -0.2) is 4.98 Å². The highest BCUT2D eigenvalue weighted by atomic mass is 32.1. The van der Waals surface area contributed by atoms with Crippen LogP contribution in [-0.2, 0) is 11.3 Å². The maximum atomic E-state index is 5.62. The molecule has 0 aliphatic carbocycles. The van der Waals surface area contributed by atoms with Crippen LogP contribution in [0.3, 0.4) is 0 Å². The molecule has 0 radical (unpaired) electrons. The molecule has 5 heteroatoms. The molecule has 1 saturated heterocycles. The summed E-state index contributed by atoms with van der Waals surface area (Å²) in [5.41, 5.74) is 6.77. The SMILES string of the molecule is CC1(C)COCCN1Cc1csc(N)n1. The number of nitrogen functional groups attached to an aromatic ring is 1. The Kier molecular flexibility index (Phi) is 2.95. The summed E-state index contributed by atoms with van der Waals surface area (Å²) in [7, 11) is 0. The summed E-state index contributed by atoms with van der Waals surface area (Å²) in [5, 5.41) is 2.68. The van der Waals surface area contributed by atoms with E-state index in [1.807, 2.05) is 5.38 Å². The summed E-state index contributed by atoms with van der Waals surface area (Å²) in [6, 6.07) is 0. The third kappa shape index (κ3) is 2.48. The van der Waals surface area contributed by atoms with Crippen LogP contribution in [0.5, 0.6) is 0 Å². The molecule has 1 aromatic heterocycles. The smallest absolute Gasteiger partial charge is 0.180 e. The molecule has 0 unspecified atom stereocenters. The fourth-order valence-corrected chi connectivity index (χ4v) is 2.33. The molecular weight excluding hydrogens is 210 g/mol. The lowest BCUT2D eigenvalue weighted by molar-refractivity contribution is -0.0557. The molecule has 0 saturated carbocycles. The summed E-state index contributed by atoms with van der Waals surface area (Å²) in [4.78, 5) is 6.68. The first kappa shape index (κ1) is 10.9. The minimum atomic E-state index is 0.0939. The van der Waals surface area contributed by atoms with Gasteiger partial charge in [0, 0.05) is 24.0 Å². The summed E-state index contributed by atoms with van der Waals surface area (Å²) in [6.45, 7) is 7.81. The number of hydrogen-bond acceptors (Lipinski definition) is 5. The van der Waals surface area contributed by atoms with E-state index in [0.29, 0.717) is 5.13 Å². The van der Waals surface area contributed by atoms with Gasteiger partial charge in [-0.15, -0.1) is 11.3 Å². The molecule has 1 fully saturated rings. The number of nitrogens with two attached hydrogens (primary N) is 1. The molecule has 0 bridgehead atoms. The molecule has 1 aliphatic heterocycles. The second-order valence-electron chi connectivity index (χ2n) is 4.46. The van der Waals surface area contributed by atoms with E-state index in [1.54, 1.807) is 0 Å². The number of morpholine rings is 1. The second kappa shape index (κ2) is 4.08. The zero-order valence-electron chi connectivity index (χ0n) is 9.19. The molecule has 4 nitrogen and oxygen atoms in total. The van der Waals surface area contributed by atoms with E-state index in [4.69, 9.17) is 10.5 Å². The van der Waals surface area contributed by atoms with E-state index in [2.05, 4.69) is 23.7 Å². The van der Waals surface area contributed by atoms with E-state index >= 15 is 0 Å². The van der Waals surface area contributed by atoms with Crippen molar-refractivity contribution in [3.63, 3.8) is 0 Å². The molecular formula is C10H17N3OS. The van der Waals surface area contributed by atoms with Crippen molar-refractivity contribution in [1.82, 2.24) is 9.88 Å². The standard InChI is InChI=1S/C10H17N3OS/c1-10(2)7-14-4-3-13(10)5-8-6-15-9(11)12-8/h6H,3-5,7H2,1-2H3,(H2,11,12). The molecule has 84 valence electrons. The summed E-state index contributed by atoms with van der Waals surface area (Å²) < 4.78 is 5.47. The van der Waals surface area contributed by atoms with Crippen LogP contribution in [0.15, 0.2) is 5.38 Å². The van der Waals surface area contributed by atoms with Crippen LogP contribution < -0.4 is 5.73 Å². The maximum Gasteiger partial charge on any atom is 0.180 e. The van der Waals surface area contributed by atoms with Gasteiger partial charge < -0.3 is 10.5 Å². The van der Waals surface area contributed by atoms with Crippen molar-refractivity contribution in [2.75, 3.05) is 25.5 Å². The minimum Gasteiger partial charge on any atom is -0.378 e. The Morgan fingerprint density at radius 1 is 1.67 bits per heavy atom. The highest BCUT2D eigenvalue weighted by Crippen LogP contribution is 2.22. The number of rotatable bonds is 2. The summed E-state index contributed by atoms with van der Waals surface area (Å²) in [6.07, 6.45) is 0. The zero-order chi connectivity index (χ0) is 10.9. The van der Waals surface area contributed by atoms with E-state index in [9.17, 15) is 0 Å². The predicted molar refractivity (Wildman–Crippen MR) is 61.8 cm³/mol. The third-order valence-electron chi connectivity index (χ3n) is 2.74. The summed E-state index contributed by atoms with van der Waals surface area (Å²) in [5.74, 6) is 0. The average Bonchev–Trinajstić information content (AvgIpc) is 2.55. The van der Waals surface area contributed by atoms with Crippen molar-refractivity contribution >= 4 is 16.5 Å². The Balaban J connectivity index is 2.04. The highest BCUT2D eigenvalue weighted by molar-refractivity contribution is 7.13. The molecule has 0 aromatic carbocycles. The molecule has 0 amide bonds. The normalized spacial score (nSPS) is 21.7. The molecule has 0 spiro atoms. The van der Waals surface area contributed by atoms with Crippen LogP contribution in [0, 0.1) is 0 Å². The Morgan fingerprint density at radius 3 is 3.07 bits per heavy atom. The number of hydrogen-bond donors (Lipinski definition) is 1. The van der Waals surface area contributed by atoms with Gasteiger partial charge in [-0.05, 0) is 13.8 Å². The quantitative estimate of drug-likeness (QED) is 0.828. The van der Waals surface area contributed by atoms with Crippen LogP contribution in [0.2, 0.25) is 0 Å². The topological polar surface area (TPSA) is 51.4 Å². The molecule has 2 rings (SSSR count). The van der Waals surface area contributed by atoms with Crippen molar-refractivity contribution in [1.29, 1.82) is 0 Å².